The summed E-state index contributed by atoms with van der Waals surface area (Å²) in [6, 6.07) is 7.59. The zero-order valence-corrected chi connectivity index (χ0v) is 12.2. The van der Waals surface area contributed by atoms with Crippen molar-refractivity contribution in [2.24, 2.45) is 0 Å². The molecule has 0 aliphatic carbocycles. The van der Waals surface area contributed by atoms with Crippen molar-refractivity contribution >= 4 is 29.6 Å². The number of aliphatic carboxylic acids is 1. The second-order valence-electron chi connectivity index (χ2n) is 4.47. The molecule has 1 aromatic carbocycles. The molecule has 0 aliphatic rings. The molecule has 0 aliphatic heterocycles. The first kappa shape index (κ1) is 15.0. The molecule has 0 atom stereocenters. The third-order valence-electron chi connectivity index (χ3n) is 2.73. The maximum atomic E-state index is 10.4. The first-order valence-corrected chi connectivity index (χ1v) is 6.61. The van der Waals surface area contributed by atoms with Crippen LogP contribution in [0.1, 0.15) is 11.1 Å². The van der Waals surface area contributed by atoms with Crippen LogP contribution in [0.25, 0.3) is 6.08 Å². The van der Waals surface area contributed by atoms with E-state index in [-0.39, 0.29) is 0 Å². The third kappa shape index (κ3) is 4.57. The highest BCUT2D eigenvalue weighted by Crippen LogP contribution is 2.14. The average Bonchev–Trinajstić information content (AvgIpc) is 2.45. The standard InChI is InChI=1S/C15H14ClN3O2/c1-19(10-11-3-2-4-13(16)7-11)15-17-8-12(9-18-15)5-6-14(20)21/h2-9H,10H2,1H3,(H,20,21)/b6-5+. The number of carboxylic acids is 1. The van der Waals surface area contributed by atoms with Crippen LogP contribution in [0.5, 0.6) is 0 Å². The highest BCUT2D eigenvalue weighted by molar-refractivity contribution is 6.30. The molecule has 0 radical (unpaired) electrons. The van der Waals surface area contributed by atoms with Crippen LogP contribution in [0.15, 0.2) is 42.7 Å². The number of hydrogen-bond donors (Lipinski definition) is 1. The number of benzene rings is 1. The van der Waals surface area contributed by atoms with Gasteiger partial charge in [0.1, 0.15) is 0 Å². The predicted octanol–water partition coefficient (Wildman–Crippen LogP) is 2.86. The first-order chi connectivity index (χ1) is 10.0. The Morgan fingerprint density at radius 1 is 1.38 bits per heavy atom. The Labute approximate surface area is 127 Å². The van der Waals surface area contributed by atoms with Crippen LogP contribution in [0.4, 0.5) is 5.95 Å². The van der Waals surface area contributed by atoms with Gasteiger partial charge in [0.2, 0.25) is 5.95 Å². The van der Waals surface area contributed by atoms with Crippen LogP contribution < -0.4 is 4.90 Å². The Morgan fingerprint density at radius 3 is 2.71 bits per heavy atom. The van der Waals surface area contributed by atoms with Crippen molar-refractivity contribution in [3.8, 4) is 0 Å². The van der Waals surface area contributed by atoms with E-state index in [0.717, 1.165) is 11.6 Å². The monoisotopic (exact) mass is 303 g/mol. The van der Waals surface area contributed by atoms with Crippen LogP contribution in [-0.4, -0.2) is 28.1 Å². The number of halogens is 1. The van der Waals surface area contributed by atoms with Crippen molar-refractivity contribution in [1.82, 2.24) is 9.97 Å². The number of carbonyl (C=O) groups is 1. The smallest absolute Gasteiger partial charge is 0.328 e. The number of rotatable bonds is 5. The Kier molecular flexibility index (Phi) is 4.90. The minimum absolute atomic E-state index is 0.558. The molecule has 6 heteroatoms. The lowest BCUT2D eigenvalue weighted by atomic mass is 10.2. The lowest BCUT2D eigenvalue weighted by Crippen LogP contribution is -2.18. The minimum atomic E-state index is -1.00. The van der Waals surface area contributed by atoms with Gasteiger partial charge in [-0.1, -0.05) is 23.7 Å². The van der Waals surface area contributed by atoms with Crippen LogP contribution in [-0.2, 0) is 11.3 Å². The lowest BCUT2D eigenvalue weighted by molar-refractivity contribution is -0.131. The lowest BCUT2D eigenvalue weighted by Gasteiger charge is -2.17. The highest BCUT2D eigenvalue weighted by Gasteiger charge is 2.05. The van der Waals surface area contributed by atoms with Gasteiger partial charge in [0, 0.05) is 42.6 Å². The molecular weight excluding hydrogens is 290 g/mol. The summed E-state index contributed by atoms with van der Waals surface area (Å²) in [5.41, 5.74) is 1.70. The molecule has 0 bridgehead atoms. The second kappa shape index (κ2) is 6.85. The predicted molar refractivity (Wildman–Crippen MR) is 82.3 cm³/mol. The summed E-state index contributed by atoms with van der Waals surface area (Å²) in [5.74, 6) is -0.445. The van der Waals surface area contributed by atoms with Crippen LogP contribution in [0.3, 0.4) is 0 Å². The molecule has 0 fully saturated rings. The second-order valence-corrected chi connectivity index (χ2v) is 4.91. The van der Waals surface area contributed by atoms with Gasteiger partial charge in [-0.3, -0.25) is 0 Å². The van der Waals surface area contributed by atoms with E-state index in [1.807, 2.05) is 36.2 Å². The van der Waals surface area contributed by atoms with Gasteiger partial charge < -0.3 is 10.0 Å². The van der Waals surface area contributed by atoms with Gasteiger partial charge in [0.05, 0.1) is 0 Å². The molecule has 0 saturated heterocycles. The zero-order chi connectivity index (χ0) is 15.2. The summed E-state index contributed by atoms with van der Waals surface area (Å²) in [7, 11) is 1.88. The molecule has 0 unspecified atom stereocenters. The fraction of sp³-hybridized carbons (Fsp3) is 0.133. The Morgan fingerprint density at radius 2 is 2.10 bits per heavy atom. The maximum Gasteiger partial charge on any atom is 0.328 e. The highest BCUT2D eigenvalue weighted by atomic mass is 35.5. The van der Waals surface area contributed by atoms with Gasteiger partial charge >= 0.3 is 5.97 Å². The van der Waals surface area contributed by atoms with Crippen LogP contribution in [0, 0.1) is 0 Å². The van der Waals surface area contributed by atoms with Gasteiger partial charge in [0.15, 0.2) is 0 Å². The van der Waals surface area contributed by atoms with Gasteiger partial charge in [-0.2, -0.15) is 0 Å². The summed E-state index contributed by atoms with van der Waals surface area (Å²) in [4.78, 5) is 20.7. The molecule has 2 aromatic rings. The van der Waals surface area contributed by atoms with Crippen molar-refractivity contribution in [2.45, 2.75) is 6.54 Å². The van der Waals surface area contributed by atoms with Gasteiger partial charge in [-0.05, 0) is 23.8 Å². The molecule has 108 valence electrons. The number of hydrogen-bond acceptors (Lipinski definition) is 4. The molecular formula is C15H14ClN3O2. The Hall–Kier alpha value is -2.40. The molecule has 1 aromatic heterocycles. The summed E-state index contributed by atoms with van der Waals surface area (Å²) in [6.07, 6.45) is 5.66. The van der Waals surface area contributed by atoms with Crippen LogP contribution >= 0.6 is 11.6 Å². The summed E-state index contributed by atoms with van der Waals surface area (Å²) >= 11 is 5.95. The van der Waals surface area contributed by atoms with Crippen molar-refractivity contribution in [2.75, 3.05) is 11.9 Å². The first-order valence-electron chi connectivity index (χ1n) is 6.23. The fourth-order valence-electron chi connectivity index (χ4n) is 1.76. The summed E-state index contributed by atoms with van der Waals surface area (Å²) in [6.45, 7) is 0.630. The fourth-order valence-corrected chi connectivity index (χ4v) is 1.97. The van der Waals surface area contributed by atoms with E-state index in [1.54, 1.807) is 12.4 Å². The maximum absolute atomic E-state index is 10.4. The molecule has 21 heavy (non-hydrogen) atoms. The molecule has 2 rings (SSSR count). The molecule has 0 amide bonds. The largest absolute Gasteiger partial charge is 0.478 e. The van der Waals surface area contributed by atoms with E-state index in [0.29, 0.717) is 23.1 Å². The van der Waals surface area contributed by atoms with E-state index in [1.165, 1.54) is 6.08 Å². The van der Waals surface area contributed by atoms with Crippen molar-refractivity contribution in [3.05, 3.63) is 58.9 Å². The van der Waals surface area contributed by atoms with E-state index in [2.05, 4.69) is 9.97 Å². The Balaban J connectivity index is 2.06. The van der Waals surface area contributed by atoms with Gasteiger partial charge in [-0.25, -0.2) is 14.8 Å². The van der Waals surface area contributed by atoms with Crippen molar-refractivity contribution in [1.29, 1.82) is 0 Å². The SMILES string of the molecule is CN(Cc1cccc(Cl)c1)c1ncc(/C=C/C(=O)O)cn1. The molecule has 5 nitrogen and oxygen atoms in total. The Bertz CT molecular complexity index is 656. The summed E-state index contributed by atoms with van der Waals surface area (Å²) in [5, 5.41) is 9.25. The van der Waals surface area contributed by atoms with E-state index < -0.39 is 5.97 Å². The average molecular weight is 304 g/mol. The zero-order valence-electron chi connectivity index (χ0n) is 11.4. The van der Waals surface area contributed by atoms with E-state index in [4.69, 9.17) is 16.7 Å². The van der Waals surface area contributed by atoms with Gasteiger partial charge in [0.25, 0.3) is 0 Å². The number of anilines is 1. The quantitative estimate of drug-likeness (QED) is 0.860. The third-order valence-corrected chi connectivity index (χ3v) is 2.96. The molecule has 0 spiro atoms. The van der Waals surface area contributed by atoms with E-state index >= 15 is 0 Å². The number of carboxylic acid groups (broad SMARTS) is 1. The molecule has 1 heterocycles. The molecule has 1 N–H and O–H groups in total. The number of aromatic nitrogens is 2. The molecule has 0 saturated carbocycles. The number of nitrogens with zero attached hydrogens (tertiary/aromatic N) is 3. The van der Waals surface area contributed by atoms with Crippen molar-refractivity contribution < 1.29 is 9.90 Å². The van der Waals surface area contributed by atoms with Crippen LogP contribution in [0.2, 0.25) is 5.02 Å². The normalized spacial score (nSPS) is 10.8. The minimum Gasteiger partial charge on any atom is -0.478 e. The van der Waals surface area contributed by atoms with E-state index in [9.17, 15) is 4.79 Å². The van der Waals surface area contributed by atoms with Crippen molar-refractivity contribution in [3.63, 3.8) is 0 Å². The summed E-state index contributed by atoms with van der Waals surface area (Å²) < 4.78 is 0. The van der Waals surface area contributed by atoms with Gasteiger partial charge in [-0.15, -0.1) is 0 Å². The topological polar surface area (TPSA) is 66.3 Å².